The number of unbranched alkanes of at least 4 members (excludes halogenated alkanes) is 1. The molecule has 0 radical (unpaired) electrons. The monoisotopic (exact) mass is 375 g/mol. The van der Waals surface area contributed by atoms with E-state index >= 15 is 0 Å². The van der Waals surface area contributed by atoms with E-state index in [1.165, 1.54) is 11.3 Å². The summed E-state index contributed by atoms with van der Waals surface area (Å²) in [7, 11) is 0. The van der Waals surface area contributed by atoms with Crippen molar-refractivity contribution in [3.63, 3.8) is 0 Å². The Morgan fingerprint density at radius 3 is 2.54 bits per heavy atom. The molecule has 2 aromatic rings. The van der Waals surface area contributed by atoms with E-state index in [4.69, 9.17) is 0 Å². The standard InChI is InChI=1S/C18H25N5O2S/c1-4-5-6-15-22-23-18(26-15)21-16(24)14-9-7-13(8-10-14)11-19-17(25)20-12(2)3/h7-10,12H,4-6,11H2,1-3H3,(H2,19,20,25)(H,21,23,24). The lowest BCUT2D eigenvalue weighted by molar-refractivity contribution is 0.102. The van der Waals surface area contributed by atoms with Gasteiger partial charge in [-0.15, -0.1) is 10.2 Å². The first-order valence-corrected chi connectivity index (χ1v) is 9.56. The molecular weight excluding hydrogens is 350 g/mol. The minimum Gasteiger partial charge on any atom is -0.336 e. The normalized spacial score (nSPS) is 10.6. The van der Waals surface area contributed by atoms with Gasteiger partial charge in [-0.1, -0.05) is 36.8 Å². The molecule has 3 N–H and O–H groups in total. The molecule has 0 saturated carbocycles. The van der Waals surface area contributed by atoms with Crippen LogP contribution in [-0.4, -0.2) is 28.2 Å². The summed E-state index contributed by atoms with van der Waals surface area (Å²) in [5.74, 6) is -0.222. The van der Waals surface area contributed by atoms with Crippen LogP contribution in [0.4, 0.5) is 9.93 Å². The van der Waals surface area contributed by atoms with Gasteiger partial charge >= 0.3 is 6.03 Å². The fraction of sp³-hybridized carbons (Fsp3) is 0.444. The summed E-state index contributed by atoms with van der Waals surface area (Å²) in [5, 5.41) is 17.8. The first kappa shape index (κ1) is 19.8. The second-order valence-electron chi connectivity index (χ2n) is 6.24. The SMILES string of the molecule is CCCCc1nnc(NC(=O)c2ccc(CNC(=O)NC(C)C)cc2)s1. The molecule has 1 aromatic heterocycles. The van der Waals surface area contributed by atoms with E-state index in [2.05, 4.69) is 33.1 Å². The van der Waals surface area contributed by atoms with Gasteiger partial charge in [-0.25, -0.2) is 4.79 Å². The molecule has 0 aliphatic carbocycles. The maximum atomic E-state index is 12.3. The van der Waals surface area contributed by atoms with Crippen molar-refractivity contribution < 1.29 is 9.59 Å². The number of aromatic nitrogens is 2. The maximum Gasteiger partial charge on any atom is 0.315 e. The van der Waals surface area contributed by atoms with Crippen molar-refractivity contribution in [2.45, 2.75) is 52.6 Å². The van der Waals surface area contributed by atoms with Crippen LogP contribution in [0.5, 0.6) is 0 Å². The first-order chi connectivity index (χ1) is 12.5. The number of carbonyl (C=O) groups is 2. The molecule has 0 unspecified atom stereocenters. The van der Waals surface area contributed by atoms with Gasteiger partial charge in [0.1, 0.15) is 5.01 Å². The smallest absolute Gasteiger partial charge is 0.315 e. The Morgan fingerprint density at radius 1 is 1.15 bits per heavy atom. The zero-order valence-corrected chi connectivity index (χ0v) is 16.2. The molecule has 0 aliphatic rings. The Hall–Kier alpha value is -2.48. The third kappa shape index (κ3) is 6.44. The van der Waals surface area contributed by atoms with Gasteiger partial charge in [0.05, 0.1) is 0 Å². The van der Waals surface area contributed by atoms with Crippen molar-refractivity contribution in [3.05, 3.63) is 40.4 Å². The zero-order valence-electron chi connectivity index (χ0n) is 15.3. The van der Waals surface area contributed by atoms with E-state index in [1.807, 2.05) is 26.0 Å². The van der Waals surface area contributed by atoms with Gasteiger partial charge in [0.2, 0.25) is 5.13 Å². The molecular formula is C18H25N5O2S. The van der Waals surface area contributed by atoms with Crippen molar-refractivity contribution in [2.24, 2.45) is 0 Å². The van der Waals surface area contributed by atoms with Crippen molar-refractivity contribution in [3.8, 4) is 0 Å². The van der Waals surface area contributed by atoms with Crippen LogP contribution in [0.25, 0.3) is 0 Å². The van der Waals surface area contributed by atoms with Crippen molar-refractivity contribution >= 4 is 28.4 Å². The van der Waals surface area contributed by atoms with Crippen LogP contribution < -0.4 is 16.0 Å². The van der Waals surface area contributed by atoms with Crippen LogP contribution >= 0.6 is 11.3 Å². The average molecular weight is 375 g/mol. The number of nitrogens with zero attached hydrogens (tertiary/aromatic N) is 2. The van der Waals surface area contributed by atoms with Gasteiger partial charge in [0.15, 0.2) is 0 Å². The van der Waals surface area contributed by atoms with Crippen LogP contribution in [0.3, 0.4) is 0 Å². The topological polar surface area (TPSA) is 96.0 Å². The Balaban J connectivity index is 1.86. The Labute approximate surface area is 157 Å². The van der Waals surface area contributed by atoms with Gasteiger partial charge < -0.3 is 10.6 Å². The molecule has 3 amide bonds. The number of hydrogen-bond donors (Lipinski definition) is 3. The summed E-state index contributed by atoms with van der Waals surface area (Å²) < 4.78 is 0. The van der Waals surface area contributed by atoms with E-state index < -0.39 is 0 Å². The Morgan fingerprint density at radius 2 is 1.88 bits per heavy atom. The minimum absolute atomic E-state index is 0.0870. The predicted octanol–water partition coefficient (Wildman–Crippen LogP) is 3.34. The number of carbonyl (C=O) groups excluding carboxylic acids is 2. The highest BCUT2D eigenvalue weighted by atomic mass is 32.1. The second kappa shape index (κ2) is 9.86. The molecule has 8 heteroatoms. The number of aryl methyl sites for hydroxylation is 1. The number of urea groups is 1. The molecule has 0 spiro atoms. The average Bonchev–Trinajstić information content (AvgIpc) is 3.05. The van der Waals surface area contributed by atoms with Crippen LogP contribution in [0, 0.1) is 0 Å². The Bertz CT molecular complexity index is 727. The largest absolute Gasteiger partial charge is 0.336 e. The third-order valence-corrected chi connectivity index (χ3v) is 4.42. The summed E-state index contributed by atoms with van der Waals surface area (Å²) in [6.07, 6.45) is 3.05. The van der Waals surface area contributed by atoms with Gasteiger partial charge in [-0.3, -0.25) is 10.1 Å². The summed E-state index contributed by atoms with van der Waals surface area (Å²) in [4.78, 5) is 23.9. The number of anilines is 1. The zero-order chi connectivity index (χ0) is 18.9. The van der Waals surface area contributed by atoms with Crippen molar-refractivity contribution in [2.75, 3.05) is 5.32 Å². The quantitative estimate of drug-likeness (QED) is 0.659. The summed E-state index contributed by atoms with van der Waals surface area (Å²) in [5.41, 5.74) is 1.45. The van der Waals surface area contributed by atoms with Crippen LogP contribution in [-0.2, 0) is 13.0 Å². The summed E-state index contributed by atoms with van der Waals surface area (Å²) in [6, 6.07) is 6.97. The third-order valence-electron chi connectivity index (χ3n) is 3.52. The molecule has 140 valence electrons. The fourth-order valence-electron chi connectivity index (χ4n) is 2.17. The highest BCUT2D eigenvalue weighted by Gasteiger charge is 2.10. The lowest BCUT2D eigenvalue weighted by Crippen LogP contribution is -2.39. The highest BCUT2D eigenvalue weighted by Crippen LogP contribution is 2.18. The molecule has 0 aliphatic heterocycles. The van der Waals surface area contributed by atoms with Crippen molar-refractivity contribution in [1.82, 2.24) is 20.8 Å². The second-order valence-corrected chi connectivity index (χ2v) is 7.30. The molecule has 2 rings (SSSR count). The van der Waals surface area contributed by atoms with E-state index in [-0.39, 0.29) is 18.0 Å². The van der Waals surface area contributed by atoms with Gasteiger partial charge in [0.25, 0.3) is 5.91 Å². The van der Waals surface area contributed by atoms with E-state index in [0.29, 0.717) is 17.2 Å². The molecule has 0 saturated heterocycles. The first-order valence-electron chi connectivity index (χ1n) is 8.75. The molecule has 7 nitrogen and oxygen atoms in total. The number of benzene rings is 1. The van der Waals surface area contributed by atoms with Crippen LogP contribution in [0.1, 0.15) is 54.5 Å². The number of nitrogens with one attached hydrogen (secondary N) is 3. The van der Waals surface area contributed by atoms with Gasteiger partial charge in [-0.05, 0) is 38.0 Å². The van der Waals surface area contributed by atoms with Crippen LogP contribution in [0.15, 0.2) is 24.3 Å². The molecule has 0 fully saturated rings. The Kier molecular flexibility index (Phi) is 7.53. The molecule has 0 atom stereocenters. The predicted molar refractivity (Wildman–Crippen MR) is 103 cm³/mol. The lowest BCUT2D eigenvalue weighted by Gasteiger charge is -2.10. The lowest BCUT2D eigenvalue weighted by atomic mass is 10.1. The number of rotatable bonds is 8. The minimum atomic E-state index is -0.222. The van der Waals surface area contributed by atoms with Gasteiger partial charge in [0, 0.05) is 24.6 Å². The molecule has 26 heavy (non-hydrogen) atoms. The summed E-state index contributed by atoms with van der Waals surface area (Å²) in [6.45, 7) is 6.33. The maximum absolute atomic E-state index is 12.3. The fourth-order valence-corrected chi connectivity index (χ4v) is 2.95. The van der Waals surface area contributed by atoms with Gasteiger partial charge in [-0.2, -0.15) is 0 Å². The number of hydrogen-bond acceptors (Lipinski definition) is 5. The van der Waals surface area contributed by atoms with E-state index in [1.54, 1.807) is 12.1 Å². The molecule has 1 aromatic carbocycles. The highest BCUT2D eigenvalue weighted by molar-refractivity contribution is 7.15. The van der Waals surface area contributed by atoms with E-state index in [9.17, 15) is 9.59 Å². The van der Waals surface area contributed by atoms with Crippen LogP contribution in [0.2, 0.25) is 0 Å². The van der Waals surface area contributed by atoms with Crippen molar-refractivity contribution in [1.29, 1.82) is 0 Å². The number of amides is 3. The molecule has 0 bridgehead atoms. The molecule has 1 heterocycles. The van der Waals surface area contributed by atoms with E-state index in [0.717, 1.165) is 29.8 Å². The summed E-state index contributed by atoms with van der Waals surface area (Å²) >= 11 is 1.41.